The lowest BCUT2D eigenvalue weighted by atomic mass is 10.2. The van der Waals surface area contributed by atoms with Crippen molar-refractivity contribution in [1.82, 2.24) is 20.9 Å². The lowest BCUT2D eigenvalue weighted by Gasteiger charge is -2.12. The molecule has 1 aromatic rings. The third-order valence-corrected chi connectivity index (χ3v) is 3.14. The molecule has 0 aliphatic carbocycles. The van der Waals surface area contributed by atoms with Gasteiger partial charge in [-0.3, -0.25) is 14.8 Å². The lowest BCUT2D eigenvalue weighted by molar-refractivity contribution is 0.0954. The summed E-state index contributed by atoms with van der Waals surface area (Å²) in [6.45, 7) is 10.4. The minimum Gasteiger partial charge on any atom is -0.381 e. The molecule has 1 heterocycles. The number of rotatable bonds is 11. The molecule has 25 heavy (non-hydrogen) atoms. The predicted molar refractivity (Wildman–Crippen MR) is 101 cm³/mol. The van der Waals surface area contributed by atoms with Gasteiger partial charge in [-0.25, -0.2) is 0 Å². The number of amides is 1. The highest BCUT2D eigenvalue weighted by atomic mass is 16.5. The van der Waals surface area contributed by atoms with Gasteiger partial charge in [-0.15, -0.1) is 0 Å². The zero-order chi connectivity index (χ0) is 18.3. The Balaban J connectivity index is 2.21. The van der Waals surface area contributed by atoms with Crippen molar-refractivity contribution in [3.05, 3.63) is 30.1 Å². The maximum absolute atomic E-state index is 11.9. The molecule has 0 aliphatic rings. The Morgan fingerprint density at radius 1 is 1.28 bits per heavy atom. The molecule has 7 heteroatoms. The van der Waals surface area contributed by atoms with E-state index in [1.54, 1.807) is 24.5 Å². The van der Waals surface area contributed by atoms with E-state index in [9.17, 15) is 4.79 Å². The molecular formula is C18H31N5O2. The molecule has 3 N–H and O–H groups in total. The molecule has 0 radical (unpaired) electrons. The van der Waals surface area contributed by atoms with Crippen LogP contribution in [-0.2, 0) is 4.74 Å². The zero-order valence-electron chi connectivity index (χ0n) is 15.5. The number of nitrogens with zero attached hydrogens (tertiary/aromatic N) is 2. The molecule has 7 nitrogen and oxygen atoms in total. The second-order valence-corrected chi connectivity index (χ2v) is 6.01. The number of ether oxygens (including phenoxy) is 1. The summed E-state index contributed by atoms with van der Waals surface area (Å²) in [5.41, 5.74) is 0.560. The Morgan fingerprint density at radius 3 is 2.76 bits per heavy atom. The number of aromatic nitrogens is 1. The first-order valence-electron chi connectivity index (χ1n) is 8.91. The highest BCUT2D eigenvalue weighted by Crippen LogP contribution is 1.94. The highest BCUT2D eigenvalue weighted by molar-refractivity contribution is 5.93. The van der Waals surface area contributed by atoms with Crippen molar-refractivity contribution in [2.75, 3.05) is 39.4 Å². The van der Waals surface area contributed by atoms with Gasteiger partial charge in [0.1, 0.15) is 0 Å². The first kappa shape index (κ1) is 20.9. The van der Waals surface area contributed by atoms with Crippen molar-refractivity contribution >= 4 is 11.9 Å². The van der Waals surface area contributed by atoms with Gasteiger partial charge in [0.2, 0.25) is 0 Å². The van der Waals surface area contributed by atoms with Gasteiger partial charge in [0.15, 0.2) is 5.96 Å². The number of pyridine rings is 1. The zero-order valence-corrected chi connectivity index (χ0v) is 15.5. The summed E-state index contributed by atoms with van der Waals surface area (Å²) in [5, 5.41) is 9.24. The Morgan fingerprint density at radius 2 is 2.08 bits per heavy atom. The van der Waals surface area contributed by atoms with E-state index < -0.39 is 0 Å². The second-order valence-electron chi connectivity index (χ2n) is 6.01. The van der Waals surface area contributed by atoms with Crippen LogP contribution in [0.2, 0.25) is 0 Å². The summed E-state index contributed by atoms with van der Waals surface area (Å²) in [5.74, 6) is 1.19. The van der Waals surface area contributed by atoms with Crippen molar-refractivity contribution in [2.45, 2.75) is 27.2 Å². The molecule has 0 spiro atoms. The van der Waals surface area contributed by atoms with Crippen LogP contribution in [0.15, 0.2) is 29.5 Å². The minimum atomic E-state index is -0.126. The monoisotopic (exact) mass is 349 g/mol. The number of aliphatic imine (C=N–C) groups is 1. The summed E-state index contributed by atoms with van der Waals surface area (Å²) >= 11 is 0. The lowest BCUT2D eigenvalue weighted by Crippen LogP contribution is -2.41. The summed E-state index contributed by atoms with van der Waals surface area (Å²) in [6.07, 6.45) is 4.09. The second kappa shape index (κ2) is 13.2. The first-order chi connectivity index (χ1) is 12.1. The number of nitrogens with one attached hydrogen (secondary N) is 3. The topological polar surface area (TPSA) is 87.6 Å². The van der Waals surface area contributed by atoms with Crippen molar-refractivity contribution in [2.24, 2.45) is 10.9 Å². The number of hydrogen-bond donors (Lipinski definition) is 3. The third kappa shape index (κ3) is 10.3. The Bertz CT molecular complexity index is 505. The molecular weight excluding hydrogens is 318 g/mol. The van der Waals surface area contributed by atoms with E-state index in [1.807, 2.05) is 6.92 Å². The quantitative estimate of drug-likeness (QED) is 0.320. The Kier molecular flexibility index (Phi) is 11.0. The van der Waals surface area contributed by atoms with Crippen LogP contribution >= 0.6 is 0 Å². The van der Waals surface area contributed by atoms with E-state index in [0.717, 1.165) is 32.1 Å². The van der Waals surface area contributed by atoms with Crippen LogP contribution in [-0.4, -0.2) is 56.2 Å². The predicted octanol–water partition coefficient (Wildman–Crippen LogP) is 1.43. The fraction of sp³-hybridized carbons (Fsp3) is 0.611. The fourth-order valence-electron chi connectivity index (χ4n) is 1.97. The molecule has 1 rings (SSSR count). The normalized spacial score (nSPS) is 11.4. The van der Waals surface area contributed by atoms with Crippen LogP contribution in [0.5, 0.6) is 0 Å². The van der Waals surface area contributed by atoms with Crippen molar-refractivity contribution in [1.29, 1.82) is 0 Å². The van der Waals surface area contributed by atoms with Crippen LogP contribution in [0.25, 0.3) is 0 Å². The third-order valence-electron chi connectivity index (χ3n) is 3.14. The number of hydrogen-bond acceptors (Lipinski definition) is 4. The summed E-state index contributed by atoms with van der Waals surface area (Å²) in [4.78, 5) is 20.3. The standard InChI is InChI=1S/C18H31N5O2/c1-4-20-18(22-9-6-12-25-14-15(2)3)23-11-10-21-17(24)16-7-5-8-19-13-16/h5,7-8,13,15H,4,6,9-12,14H2,1-3H3,(H,21,24)(H2,20,22,23). The van der Waals surface area contributed by atoms with Gasteiger partial charge >= 0.3 is 0 Å². The van der Waals surface area contributed by atoms with E-state index in [4.69, 9.17) is 4.74 Å². The van der Waals surface area contributed by atoms with E-state index in [1.165, 1.54) is 0 Å². The van der Waals surface area contributed by atoms with Crippen LogP contribution in [0, 0.1) is 5.92 Å². The average Bonchev–Trinajstić information content (AvgIpc) is 2.61. The fourth-order valence-corrected chi connectivity index (χ4v) is 1.97. The maximum Gasteiger partial charge on any atom is 0.252 e. The van der Waals surface area contributed by atoms with Gasteiger partial charge in [0, 0.05) is 51.8 Å². The molecule has 0 bridgehead atoms. The summed E-state index contributed by atoms with van der Waals surface area (Å²) in [7, 11) is 0. The van der Waals surface area contributed by atoms with Crippen LogP contribution in [0.4, 0.5) is 0 Å². The number of carbonyl (C=O) groups is 1. The maximum atomic E-state index is 11.9. The molecule has 1 amide bonds. The van der Waals surface area contributed by atoms with Gasteiger partial charge in [0.05, 0.1) is 5.56 Å². The molecule has 140 valence electrons. The molecule has 0 aliphatic heterocycles. The smallest absolute Gasteiger partial charge is 0.252 e. The number of guanidine groups is 1. The number of carbonyl (C=O) groups excluding carboxylic acids is 1. The molecule has 0 fully saturated rings. The van der Waals surface area contributed by atoms with Crippen molar-refractivity contribution in [3.63, 3.8) is 0 Å². The largest absolute Gasteiger partial charge is 0.381 e. The Labute approximate surface area is 150 Å². The van der Waals surface area contributed by atoms with Gasteiger partial charge in [-0.2, -0.15) is 0 Å². The minimum absolute atomic E-state index is 0.126. The summed E-state index contributed by atoms with van der Waals surface area (Å²) < 4.78 is 5.54. The van der Waals surface area contributed by atoms with Gasteiger partial charge in [0.25, 0.3) is 5.91 Å². The van der Waals surface area contributed by atoms with Crippen LogP contribution in [0.3, 0.4) is 0 Å². The average molecular weight is 349 g/mol. The van der Waals surface area contributed by atoms with Crippen molar-refractivity contribution in [3.8, 4) is 0 Å². The molecule has 0 saturated carbocycles. The SMILES string of the molecule is CCNC(=NCCCOCC(C)C)NCCNC(=O)c1cccnc1. The van der Waals surface area contributed by atoms with E-state index in [0.29, 0.717) is 31.1 Å². The van der Waals surface area contributed by atoms with E-state index >= 15 is 0 Å². The van der Waals surface area contributed by atoms with Gasteiger partial charge in [-0.1, -0.05) is 13.8 Å². The molecule has 0 aromatic carbocycles. The van der Waals surface area contributed by atoms with E-state index in [2.05, 4.69) is 39.8 Å². The van der Waals surface area contributed by atoms with E-state index in [-0.39, 0.29) is 5.91 Å². The molecule has 0 atom stereocenters. The Hall–Kier alpha value is -2.15. The van der Waals surface area contributed by atoms with Gasteiger partial charge < -0.3 is 20.7 Å². The molecule has 1 aromatic heterocycles. The van der Waals surface area contributed by atoms with Crippen LogP contribution < -0.4 is 16.0 Å². The first-order valence-corrected chi connectivity index (χ1v) is 8.91. The highest BCUT2D eigenvalue weighted by Gasteiger charge is 2.04. The summed E-state index contributed by atoms with van der Waals surface area (Å²) in [6, 6.07) is 3.48. The van der Waals surface area contributed by atoms with Crippen molar-refractivity contribution < 1.29 is 9.53 Å². The van der Waals surface area contributed by atoms with Crippen LogP contribution in [0.1, 0.15) is 37.6 Å². The van der Waals surface area contributed by atoms with Gasteiger partial charge in [-0.05, 0) is 31.4 Å². The molecule has 0 saturated heterocycles. The molecule has 0 unspecified atom stereocenters.